The fourth-order valence-electron chi connectivity index (χ4n) is 6.61. The summed E-state index contributed by atoms with van der Waals surface area (Å²) in [6, 6.07) is 16.3. The standard InChI is InChI=1S/C36H37ClF3N3O4/c1-2-46-35(45)43-25-18-26(23-11-9-22(10-12-23)6-5-17-47-33-29(39)14-13-28(38)32(33)40)31(30(43)21-41-20-25)34(44)42-36(15-16-36)19-24-7-3-4-8-27(24)37/h3-4,7-14,25,30,41H,2,5-6,15-21H2,1H3,(H,42,44)/t25?,30-/m1/s1. The Morgan fingerprint density at radius 1 is 1.02 bits per heavy atom. The van der Waals surface area contributed by atoms with Gasteiger partial charge in [-0.15, -0.1) is 0 Å². The van der Waals surface area contributed by atoms with Crippen molar-refractivity contribution in [2.75, 3.05) is 26.3 Å². The van der Waals surface area contributed by atoms with Gasteiger partial charge in [-0.05, 0) is 85.9 Å². The van der Waals surface area contributed by atoms with Crippen molar-refractivity contribution in [3.05, 3.63) is 105 Å². The number of amides is 2. The molecule has 7 nitrogen and oxygen atoms in total. The van der Waals surface area contributed by atoms with Crippen LogP contribution in [0.1, 0.15) is 49.3 Å². The Labute approximate surface area is 277 Å². The molecule has 2 fully saturated rings. The molecule has 1 unspecified atom stereocenters. The number of nitrogens with one attached hydrogen (secondary N) is 2. The van der Waals surface area contributed by atoms with Gasteiger partial charge in [0, 0.05) is 29.2 Å². The number of hydrogen-bond donors (Lipinski definition) is 2. The topological polar surface area (TPSA) is 79.9 Å². The first kappa shape index (κ1) is 32.9. The highest BCUT2D eigenvalue weighted by atomic mass is 35.5. The molecule has 6 rings (SSSR count). The maximum atomic E-state index is 14.3. The van der Waals surface area contributed by atoms with Crippen LogP contribution in [0.5, 0.6) is 5.75 Å². The van der Waals surface area contributed by atoms with E-state index < -0.39 is 40.9 Å². The molecule has 2 atom stereocenters. The number of carbonyl (C=O) groups excluding carboxylic acids is 2. The first-order valence-corrected chi connectivity index (χ1v) is 16.4. The number of benzene rings is 3. The molecule has 2 bridgehead atoms. The van der Waals surface area contributed by atoms with Crippen molar-refractivity contribution in [3.63, 3.8) is 0 Å². The summed E-state index contributed by atoms with van der Waals surface area (Å²) in [6.07, 6.45) is 3.32. The summed E-state index contributed by atoms with van der Waals surface area (Å²) in [5.41, 5.74) is 3.86. The molecule has 248 valence electrons. The third-order valence-corrected chi connectivity index (χ3v) is 9.52. The molecule has 3 aromatic rings. The van der Waals surface area contributed by atoms with E-state index >= 15 is 0 Å². The van der Waals surface area contributed by atoms with E-state index in [4.69, 9.17) is 21.1 Å². The molecule has 3 aliphatic rings. The van der Waals surface area contributed by atoms with Crippen molar-refractivity contribution >= 4 is 29.2 Å². The molecule has 2 aliphatic heterocycles. The molecule has 2 heterocycles. The van der Waals surface area contributed by atoms with Crippen LogP contribution < -0.4 is 15.4 Å². The van der Waals surface area contributed by atoms with Gasteiger partial charge in [0.25, 0.3) is 0 Å². The fourth-order valence-corrected chi connectivity index (χ4v) is 6.81. The lowest BCUT2D eigenvalue weighted by atomic mass is 9.81. The molecule has 0 aromatic heterocycles. The zero-order valence-corrected chi connectivity index (χ0v) is 26.8. The van der Waals surface area contributed by atoms with Crippen LogP contribution in [0.25, 0.3) is 5.57 Å². The van der Waals surface area contributed by atoms with Gasteiger partial charge in [0.05, 0.1) is 25.3 Å². The second-order valence-corrected chi connectivity index (χ2v) is 12.8. The van der Waals surface area contributed by atoms with Gasteiger partial charge >= 0.3 is 6.09 Å². The number of aryl methyl sites for hydroxylation is 1. The molecule has 1 saturated carbocycles. The average molecular weight is 668 g/mol. The zero-order valence-electron chi connectivity index (χ0n) is 26.1. The highest BCUT2D eigenvalue weighted by Gasteiger charge is 2.49. The van der Waals surface area contributed by atoms with Crippen LogP contribution in [0, 0.1) is 17.5 Å². The second kappa shape index (κ2) is 14.0. The van der Waals surface area contributed by atoms with Crippen molar-refractivity contribution < 1.29 is 32.2 Å². The number of nitrogens with zero attached hydrogens (tertiary/aromatic N) is 1. The van der Waals surface area contributed by atoms with E-state index in [0.29, 0.717) is 49.4 Å². The molecule has 1 saturated heterocycles. The van der Waals surface area contributed by atoms with E-state index in [2.05, 4.69) is 10.6 Å². The molecule has 2 N–H and O–H groups in total. The minimum atomic E-state index is -1.34. The summed E-state index contributed by atoms with van der Waals surface area (Å²) < 4.78 is 51.9. The number of hydrogen-bond acceptors (Lipinski definition) is 5. The summed E-state index contributed by atoms with van der Waals surface area (Å²) >= 11 is 6.46. The molecule has 11 heteroatoms. The van der Waals surface area contributed by atoms with Crippen molar-refractivity contribution in [1.29, 1.82) is 0 Å². The van der Waals surface area contributed by atoms with Crippen LogP contribution in [0.2, 0.25) is 5.02 Å². The minimum Gasteiger partial charge on any atom is -0.488 e. The molecule has 3 aromatic carbocycles. The number of ether oxygens (including phenoxy) is 2. The van der Waals surface area contributed by atoms with Gasteiger partial charge in [0.15, 0.2) is 17.4 Å². The number of carbonyl (C=O) groups is 2. The molecule has 1 aliphatic carbocycles. The molecule has 0 radical (unpaired) electrons. The van der Waals surface area contributed by atoms with Gasteiger partial charge in [-0.3, -0.25) is 9.69 Å². The second-order valence-electron chi connectivity index (χ2n) is 12.4. The normalized spacial score (nSPS) is 19.7. The third kappa shape index (κ3) is 7.13. The lowest BCUT2D eigenvalue weighted by molar-refractivity contribution is -0.119. The maximum absolute atomic E-state index is 14.3. The van der Waals surface area contributed by atoms with Crippen molar-refractivity contribution in [2.45, 2.75) is 63.1 Å². The predicted molar refractivity (Wildman–Crippen MR) is 173 cm³/mol. The van der Waals surface area contributed by atoms with E-state index in [-0.39, 0.29) is 25.2 Å². The van der Waals surface area contributed by atoms with E-state index in [1.807, 2.05) is 48.5 Å². The highest BCUT2D eigenvalue weighted by molar-refractivity contribution is 6.31. The van der Waals surface area contributed by atoms with Gasteiger partial charge in [-0.25, -0.2) is 13.6 Å². The Morgan fingerprint density at radius 3 is 2.49 bits per heavy atom. The third-order valence-electron chi connectivity index (χ3n) is 9.15. The largest absolute Gasteiger partial charge is 0.488 e. The van der Waals surface area contributed by atoms with Crippen molar-refractivity contribution in [1.82, 2.24) is 15.5 Å². The van der Waals surface area contributed by atoms with Gasteiger partial charge < -0.3 is 20.1 Å². The highest BCUT2D eigenvalue weighted by Crippen LogP contribution is 2.42. The van der Waals surface area contributed by atoms with E-state index in [9.17, 15) is 22.8 Å². The van der Waals surface area contributed by atoms with Crippen LogP contribution in [0.4, 0.5) is 18.0 Å². The first-order chi connectivity index (χ1) is 22.7. The lowest BCUT2D eigenvalue weighted by Crippen LogP contribution is -2.63. The minimum absolute atomic E-state index is 0.00448. The monoisotopic (exact) mass is 667 g/mol. The van der Waals surface area contributed by atoms with Crippen molar-refractivity contribution in [2.24, 2.45) is 0 Å². The number of piperazine rings is 1. The van der Waals surface area contributed by atoms with Crippen LogP contribution in [0.3, 0.4) is 0 Å². The van der Waals surface area contributed by atoms with Crippen LogP contribution in [-0.4, -0.2) is 60.8 Å². The Hall–Kier alpha value is -4.02. The molecule has 2 amide bonds. The smallest absolute Gasteiger partial charge is 0.410 e. The average Bonchev–Trinajstić information content (AvgIpc) is 3.81. The van der Waals surface area contributed by atoms with Gasteiger partial charge in [-0.2, -0.15) is 4.39 Å². The lowest BCUT2D eigenvalue weighted by Gasteiger charge is -2.47. The maximum Gasteiger partial charge on any atom is 0.410 e. The van der Waals surface area contributed by atoms with E-state index in [1.165, 1.54) is 0 Å². The van der Waals surface area contributed by atoms with Crippen LogP contribution in [-0.2, 0) is 22.4 Å². The summed E-state index contributed by atoms with van der Waals surface area (Å²) in [4.78, 5) is 29.1. The molecule has 47 heavy (non-hydrogen) atoms. The SMILES string of the molecule is CCOC(=O)N1C2CNC[C@@H]1C(C(=O)NC1(Cc3ccccc3Cl)CC1)=C(c1ccc(CCCOc3c(F)ccc(F)c3F)cc1)C2. The quantitative estimate of drug-likeness (QED) is 0.178. The fraction of sp³-hybridized carbons (Fsp3) is 0.389. The Kier molecular flexibility index (Phi) is 9.80. The number of rotatable bonds is 11. The first-order valence-electron chi connectivity index (χ1n) is 16.0. The van der Waals surface area contributed by atoms with E-state index in [0.717, 1.165) is 47.2 Å². The summed E-state index contributed by atoms with van der Waals surface area (Å²) in [5.74, 6) is -4.38. The number of fused-ring (bicyclic) bond motifs is 2. The molecular formula is C36H37ClF3N3O4. The summed E-state index contributed by atoms with van der Waals surface area (Å²) in [6.45, 7) is 3.00. The van der Waals surface area contributed by atoms with Gasteiger partial charge in [0.1, 0.15) is 0 Å². The molecular weight excluding hydrogens is 631 g/mol. The van der Waals surface area contributed by atoms with Gasteiger partial charge in [-0.1, -0.05) is 54.1 Å². The summed E-state index contributed by atoms with van der Waals surface area (Å²) in [5, 5.41) is 7.39. The van der Waals surface area contributed by atoms with Crippen molar-refractivity contribution in [3.8, 4) is 5.75 Å². The molecule has 0 spiro atoms. The Bertz CT molecular complexity index is 1680. The predicted octanol–water partition coefficient (Wildman–Crippen LogP) is 6.62. The zero-order chi connectivity index (χ0) is 33.1. The Morgan fingerprint density at radius 2 is 1.77 bits per heavy atom. The number of halogens is 4. The van der Waals surface area contributed by atoms with Crippen LogP contribution >= 0.6 is 11.6 Å². The summed E-state index contributed by atoms with van der Waals surface area (Å²) in [7, 11) is 0. The Balaban J connectivity index is 1.22. The van der Waals surface area contributed by atoms with Gasteiger partial charge in [0.2, 0.25) is 11.7 Å². The van der Waals surface area contributed by atoms with Crippen LogP contribution in [0.15, 0.2) is 66.2 Å². The van der Waals surface area contributed by atoms with E-state index in [1.54, 1.807) is 11.8 Å².